The number of hydrogen-bond donors (Lipinski definition) is 2. The van der Waals surface area contributed by atoms with Crippen LogP contribution in [0.5, 0.6) is 0 Å². The molecule has 0 spiro atoms. The predicted octanol–water partition coefficient (Wildman–Crippen LogP) is 1.48. The maximum Gasteiger partial charge on any atom is 0.420 e. The average molecular weight is 488 g/mol. The quantitative estimate of drug-likeness (QED) is 0.324. The van der Waals surface area contributed by atoms with Crippen molar-refractivity contribution >= 4 is 29.0 Å². The number of carbonyl (C=O) groups excluding carboxylic acids is 3. The van der Waals surface area contributed by atoms with Gasteiger partial charge in [0.25, 0.3) is 0 Å². The molecule has 1 aromatic heterocycles. The van der Waals surface area contributed by atoms with Crippen LogP contribution >= 0.6 is 0 Å². The van der Waals surface area contributed by atoms with Gasteiger partial charge in [-0.25, -0.2) is 9.59 Å². The van der Waals surface area contributed by atoms with Crippen LogP contribution in [0.25, 0.3) is 11.1 Å². The summed E-state index contributed by atoms with van der Waals surface area (Å²) in [7, 11) is 0. The molecule has 1 saturated heterocycles. The van der Waals surface area contributed by atoms with Gasteiger partial charge in [-0.1, -0.05) is 11.8 Å². The summed E-state index contributed by atoms with van der Waals surface area (Å²) in [5.74, 6) is 4.27. The molecule has 188 valence electrons. The van der Waals surface area contributed by atoms with Gasteiger partial charge in [0.2, 0.25) is 11.8 Å². The number of nitrogens with one attached hydrogen (secondary N) is 2. The number of piperidine rings is 1. The molecule has 0 radical (unpaired) electrons. The molecule has 2 N–H and O–H groups in total. The number of alkyl carbamates (subject to hydrolysis) is 1. The summed E-state index contributed by atoms with van der Waals surface area (Å²) in [4.78, 5) is 47.3. The van der Waals surface area contributed by atoms with E-state index in [1.54, 1.807) is 39.0 Å². The van der Waals surface area contributed by atoms with E-state index in [0.717, 1.165) is 0 Å². The molecule has 1 atom stereocenters. The van der Waals surface area contributed by atoms with Crippen LogP contribution in [-0.2, 0) is 23.8 Å². The largest absolute Gasteiger partial charge is 0.444 e. The Labute approximate surface area is 202 Å². The van der Waals surface area contributed by atoms with Gasteiger partial charge in [-0.15, -0.1) is 0 Å². The van der Waals surface area contributed by atoms with Crippen molar-refractivity contribution in [1.82, 2.24) is 15.2 Å². The molecule has 3 rings (SSSR count). The average Bonchev–Trinajstić information content (AvgIpc) is 3.08. The Kier molecular flexibility index (Phi) is 8.68. The summed E-state index contributed by atoms with van der Waals surface area (Å²) in [6.45, 7) is 6.90. The van der Waals surface area contributed by atoms with Crippen molar-refractivity contribution in [3.05, 3.63) is 34.3 Å². The summed E-state index contributed by atoms with van der Waals surface area (Å²) in [5, 5.41) is 4.84. The second kappa shape index (κ2) is 11.7. The van der Waals surface area contributed by atoms with Gasteiger partial charge in [0, 0.05) is 18.5 Å². The van der Waals surface area contributed by atoms with Crippen LogP contribution in [0.15, 0.2) is 27.4 Å². The zero-order valence-electron chi connectivity index (χ0n) is 20.0. The molecule has 1 aliphatic heterocycles. The fourth-order valence-electron chi connectivity index (χ4n) is 3.36. The van der Waals surface area contributed by atoms with Crippen molar-refractivity contribution in [3.63, 3.8) is 0 Å². The topological polar surface area (TPSA) is 138 Å². The molecule has 35 heavy (non-hydrogen) atoms. The molecule has 3 amide bonds. The normalized spacial score (nSPS) is 15.9. The number of amides is 3. The van der Waals surface area contributed by atoms with Gasteiger partial charge in [0.1, 0.15) is 18.2 Å². The van der Waals surface area contributed by atoms with E-state index in [1.165, 1.54) is 4.57 Å². The minimum atomic E-state index is -0.790. The second-order valence-corrected chi connectivity index (χ2v) is 8.78. The summed E-state index contributed by atoms with van der Waals surface area (Å²) in [6, 6.07) is 4.20. The van der Waals surface area contributed by atoms with Gasteiger partial charge < -0.3 is 23.9 Å². The van der Waals surface area contributed by atoms with E-state index in [0.29, 0.717) is 43.0 Å². The first-order valence-electron chi connectivity index (χ1n) is 11.2. The zero-order chi connectivity index (χ0) is 25.4. The third kappa shape index (κ3) is 7.70. The van der Waals surface area contributed by atoms with Crippen molar-refractivity contribution in [2.45, 2.75) is 45.3 Å². The fraction of sp³-hybridized carbons (Fsp3) is 0.500. The Morgan fingerprint density at radius 3 is 2.71 bits per heavy atom. The lowest BCUT2D eigenvalue weighted by Crippen LogP contribution is -2.43. The Bertz CT molecular complexity index is 1200. The first-order chi connectivity index (χ1) is 16.6. The van der Waals surface area contributed by atoms with E-state index in [4.69, 9.17) is 18.6 Å². The van der Waals surface area contributed by atoms with Crippen molar-refractivity contribution in [2.75, 3.05) is 33.0 Å². The number of imide groups is 1. The minimum Gasteiger partial charge on any atom is -0.444 e. The predicted molar refractivity (Wildman–Crippen MR) is 125 cm³/mol. The summed E-state index contributed by atoms with van der Waals surface area (Å²) < 4.78 is 22.4. The summed E-state index contributed by atoms with van der Waals surface area (Å²) >= 11 is 0. The van der Waals surface area contributed by atoms with Crippen LogP contribution in [0.1, 0.15) is 45.2 Å². The highest BCUT2D eigenvalue weighted by molar-refractivity contribution is 6.00. The summed E-state index contributed by atoms with van der Waals surface area (Å²) in [5.41, 5.74) is 0.848. The molecule has 1 aromatic carbocycles. The maximum absolute atomic E-state index is 12.3. The van der Waals surface area contributed by atoms with E-state index in [-0.39, 0.29) is 25.4 Å². The monoisotopic (exact) mass is 487 g/mol. The number of hydrogen-bond acceptors (Lipinski definition) is 8. The lowest BCUT2D eigenvalue weighted by molar-refractivity contribution is -0.135. The molecule has 2 aromatic rings. The van der Waals surface area contributed by atoms with Crippen molar-refractivity contribution < 1.29 is 33.0 Å². The van der Waals surface area contributed by atoms with E-state index >= 15 is 0 Å². The van der Waals surface area contributed by atoms with Crippen molar-refractivity contribution in [1.29, 1.82) is 0 Å². The molecule has 1 unspecified atom stereocenters. The van der Waals surface area contributed by atoms with Gasteiger partial charge in [0.15, 0.2) is 5.58 Å². The lowest BCUT2D eigenvalue weighted by atomic mass is 10.1. The molecular weight excluding hydrogens is 458 g/mol. The highest BCUT2D eigenvalue weighted by atomic mass is 16.6. The van der Waals surface area contributed by atoms with E-state index in [1.807, 2.05) is 0 Å². The number of nitrogens with zero attached hydrogens (tertiary/aromatic N) is 1. The zero-order valence-corrected chi connectivity index (χ0v) is 20.0. The van der Waals surface area contributed by atoms with Gasteiger partial charge in [-0.2, -0.15) is 0 Å². The Hall–Kier alpha value is -3.62. The second-order valence-electron chi connectivity index (χ2n) is 8.78. The van der Waals surface area contributed by atoms with Crippen LogP contribution < -0.4 is 16.4 Å². The minimum absolute atomic E-state index is 0.160. The van der Waals surface area contributed by atoms with E-state index in [2.05, 4.69) is 22.5 Å². The van der Waals surface area contributed by atoms with Crippen LogP contribution in [0.3, 0.4) is 0 Å². The van der Waals surface area contributed by atoms with Gasteiger partial charge in [-0.3, -0.25) is 19.5 Å². The number of oxazole rings is 1. The Morgan fingerprint density at radius 1 is 1.20 bits per heavy atom. The lowest BCUT2D eigenvalue weighted by Gasteiger charge is -2.21. The Morgan fingerprint density at radius 2 is 1.97 bits per heavy atom. The van der Waals surface area contributed by atoms with Crippen molar-refractivity contribution in [3.8, 4) is 11.8 Å². The van der Waals surface area contributed by atoms with E-state index < -0.39 is 29.4 Å². The first kappa shape index (κ1) is 26.0. The van der Waals surface area contributed by atoms with Crippen LogP contribution in [0.4, 0.5) is 4.79 Å². The molecule has 0 saturated carbocycles. The van der Waals surface area contributed by atoms with Crippen LogP contribution in [-0.4, -0.2) is 61.0 Å². The first-order valence-corrected chi connectivity index (χ1v) is 11.2. The maximum atomic E-state index is 12.3. The molecule has 1 aliphatic rings. The molecule has 11 heteroatoms. The number of ether oxygens (including phenoxy) is 3. The van der Waals surface area contributed by atoms with E-state index in [9.17, 15) is 19.2 Å². The van der Waals surface area contributed by atoms with Gasteiger partial charge in [-0.05, 0) is 45.4 Å². The number of aromatic nitrogens is 1. The van der Waals surface area contributed by atoms with Gasteiger partial charge in [0.05, 0.1) is 25.3 Å². The number of benzene rings is 1. The molecule has 2 heterocycles. The smallest absolute Gasteiger partial charge is 0.420 e. The summed E-state index contributed by atoms with van der Waals surface area (Å²) in [6.07, 6.45) is -0.0903. The highest BCUT2D eigenvalue weighted by Crippen LogP contribution is 2.23. The highest BCUT2D eigenvalue weighted by Gasteiger charge is 2.31. The van der Waals surface area contributed by atoms with Crippen LogP contribution in [0.2, 0.25) is 0 Å². The number of fused-ring (bicyclic) bond motifs is 1. The molecule has 0 aliphatic carbocycles. The standard InChI is InChI=1S/C24H29N3O8/c1-24(2,3)35-22(30)25-10-12-33-14-13-32-11-4-5-16-6-7-17-19(15-16)34-23(31)27(17)18-8-9-20(28)26-21(18)29/h6-7,15,18H,8-14H2,1-3H3,(H,25,30)(H,26,28,29). The number of rotatable bonds is 8. The van der Waals surface area contributed by atoms with Gasteiger partial charge >= 0.3 is 11.8 Å². The fourth-order valence-corrected chi connectivity index (χ4v) is 3.36. The number of carbonyl (C=O) groups is 3. The molecule has 0 bridgehead atoms. The Balaban J connectivity index is 1.41. The third-order valence-corrected chi connectivity index (χ3v) is 4.83. The van der Waals surface area contributed by atoms with Crippen LogP contribution in [0, 0.1) is 11.8 Å². The van der Waals surface area contributed by atoms with Crippen molar-refractivity contribution in [2.24, 2.45) is 0 Å². The molecular formula is C24H29N3O8. The molecule has 11 nitrogen and oxygen atoms in total. The third-order valence-electron chi connectivity index (χ3n) is 4.83. The molecule has 1 fully saturated rings. The SMILES string of the molecule is CC(C)(C)OC(=O)NCCOCCOCC#Cc1ccc2c(c1)oc(=O)n2C1CCC(=O)NC1=O.